The Bertz CT molecular complexity index is 3190. The molecule has 454 valence electrons. The van der Waals surface area contributed by atoms with E-state index in [4.69, 9.17) is 56.5 Å². The highest BCUT2D eigenvalue weighted by Crippen LogP contribution is 2.41. The van der Waals surface area contributed by atoms with Gasteiger partial charge in [-0.2, -0.15) is 0 Å². The minimum atomic E-state index is -3.17. The molecular formula is C73H80O13Si. The van der Waals surface area contributed by atoms with Gasteiger partial charge in [0.1, 0.15) is 54.9 Å². The molecule has 11 rings (SSSR count). The first-order chi connectivity index (χ1) is 42.7. The van der Waals surface area contributed by atoms with Crippen LogP contribution in [-0.2, 0) is 96.2 Å². The van der Waals surface area contributed by atoms with Gasteiger partial charge < -0.3 is 61.6 Å². The molecule has 13 nitrogen and oxygen atoms in total. The molecule has 8 aromatic rings. The molecule has 0 amide bonds. The zero-order valence-corrected chi connectivity index (χ0v) is 50.7. The van der Waals surface area contributed by atoms with E-state index in [-0.39, 0.29) is 51.3 Å². The van der Waals surface area contributed by atoms with Crippen molar-refractivity contribution in [2.24, 2.45) is 0 Å². The predicted molar refractivity (Wildman–Crippen MR) is 334 cm³/mol. The first kappa shape index (κ1) is 62.1. The smallest absolute Gasteiger partial charge is 0.261 e. The van der Waals surface area contributed by atoms with Crippen LogP contribution < -0.4 is 10.4 Å². The zero-order valence-electron chi connectivity index (χ0n) is 49.7. The van der Waals surface area contributed by atoms with E-state index in [2.05, 4.69) is 69.3 Å². The van der Waals surface area contributed by atoms with Crippen molar-refractivity contribution in [3.8, 4) is 0 Å². The Morgan fingerprint density at radius 1 is 0.333 bits per heavy atom. The molecule has 0 bridgehead atoms. The molecule has 14 heteroatoms. The fourth-order valence-electron chi connectivity index (χ4n) is 11.9. The SMILES string of the molecule is CC(C)(C)[Si](OC[C@H]1O[C@H](O)[C@@H](OCc2ccccc2)[C@@H]1O[C@H]1O[C@H](COCc2ccccc2)[C@@H](OCc2ccccc2)[C@@H]1O[C@@H]1O[C@H](COCc2ccccc2)[C@@H](OCc2ccccc2)[C@@H]1OCc1ccccc1)(c1ccccc1)c1ccccc1. The van der Waals surface area contributed by atoms with Gasteiger partial charge in [-0.15, -0.1) is 0 Å². The van der Waals surface area contributed by atoms with Crippen LogP contribution in [0.1, 0.15) is 54.2 Å². The molecule has 3 saturated heterocycles. The van der Waals surface area contributed by atoms with Crippen LogP contribution in [-0.4, -0.2) is 107 Å². The van der Waals surface area contributed by atoms with Crippen molar-refractivity contribution in [2.75, 3.05) is 19.8 Å². The summed E-state index contributed by atoms with van der Waals surface area (Å²) in [6, 6.07) is 80.8. The highest BCUT2D eigenvalue weighted by molar-refractivity contribution is 6.99. The molecular weight excluding hydrogens is 1110 g/mol. The molecule has 0 aromatic heterocycles. The second kappa shape index (κ2) is 30.6. The van der Waals surface area contributed by atoms with Crippen LogP contribution in [0.3, 0.4) is 0 Å². The average Bonchev–Trinajstić information content (AvgIpc) is 2.79. The summed E-state index contributed by atoms with van der Waals surface area (Å²) < 4.78 is 84.2. The second-order valence-corrected chi connectivity index (χ2v) is 27.7. The van der Waals surface area contributed by atoms with E-state index >= 15 is 0 Å². The highest BCUT2D eigenvalue weighted by atomic mass is 28.4. The number of benzene rings is 8. The molecule has 0 spiro atoms. The minimum Gasteiger partial charge on any atom is -0.405 e. The fourth-order valence-corrected chi connectivity index (χ4v) is 16.4. The van der Waals surface area contributed by atoms with Crippen LogP contribution >= 0.6 is 0 Å². The third-order valence-corrected chi connectivity index (χ3v) is 21.2. The Balaban J connectivity index is 0.971. The molecule has 3 heterocycles. The number of aliphatic hydroxyl groups excluding tert-OH is 1. The van der Waals surface area contributed by atoms with E-state index < -0.39 is 82.1 Å². The van der Waals surface area contributed by atoms with Gasteiger partial charge in [0.25, 0.3) is 8.32 Å². The second-order valence-electron chi connectivity index (χ2n) is 23.4. The molecule has 8 aromatic carbocycles. The summed E-state index contributed by atoms with van der Waals surface area (Å²) >= 11 is 0. The highest BCUT2D eigenvalue weighted by Gasteiger charge is 2.58. The molecule has 12 atom stereocenters. The predicted octanol–water partition coefficient (Wildman–Crippen LogP) is 11.3. The van der Waals surface area contributed by atoms with Gasteiger partial charge in [0.2, 0.25) is 0 Å². The van der Waals surface area contributed by atoms with Crippen LogP contribution in [0, 0.1) is 0 Å². The molecule has 0 aliphatic carbocycles. The standard InChI is InChI=1S/C73H80O13Si/c1-73(2,3)87(59-40-24-10-25-41-59,60-42-26-11-27-43-60)81-52-63-66(67(70(74)82-63)79-48-57-36-20-8-21-37-57)85-72-69(65(78-47-56-34-18-7-19-35-56)62(84-72)51-76-45-54-30-14-5-15-31-54)86-71-68(80-49-58-38-22-9-23-39-58)64(77-46-55-32-16-6-17-33-55)61(83-71)50-75-44-53-28-12-4-13-29-53/h4-43,61-72,74H,44-52H2,1-3H3/t61-,62-,63-,64-,65-,66-,67+,68+,69+,70+,71+,72-/m1/s1. The molecule has 3 aliphatic rings. The van der Waals surface area contributed by atoms with Crippen molar-refractivity contribution in [2.45, 2.75) is 139 Å². The van der Waals surface area contributed by atoms with E-state index in [1.165, 1.54) is 0 Å². The van der Waals surface area contributed by atoms with Gasteiger partial charge in [0.05, 0.1) is 59.5 Å². The van der Waals surface area contributed by atoms with Crippen molar-refractivity contribution in [1.82, 2.24) is 0 Å². The third-order valence-electron chi connectivity index (χ3n) is 16.2. The van der Waals surface area contributed by atoms with E-state index in [1.54, 1.807) is 0 Å². The van der Waals surface area contributed by atoms with E-state index in [0.717, 1.165) is 43.8 Å². The first-order valence-electron chi connectivity index (χ1n) is 30.2. The lowest BCUT2D eigenvalue weighted by Gasteiger charge is -2.43. The Labute approximate surface area is 513 Å². The third kappa shape index (κ3) is 16.0. The maximum Gasteiger partial charge on any atom is 0.261 e. The molecule has 0 saturated carbocycles. The maximum absolute atomic E-state index is 12.2. The molecule has 3 aliphatic heterocycles. The number of ether oxygens (including phenoxy) is 11. The Morgan fingerprint density at radius 3 is 1.01 bits per heavy atom. The van der Waals surface area contributed by atoms with Gasteiger partial charge in [-0.25, -0.2) is 0 Å². The van der Waals surface area contributed by atoms with Gasteiger partial charge in [-0.3, -0.25) is 0 Å². The maximum atomic E-state index is 12.2. The van der Waals surface area contributed by atoms with E-state index in [0.29, 0.717) is 13.2 Å². The molecule has 0 unspecified atom stereocenters. The summed E-state index contributed by atoms with van der Waals surface area (Å²) in [7, 11) is -3.17. The van der Waals surface area contributed by atoms with Crippen molar-refractivity contribution in [3.05, 3.63) is 276 Å². The Hall–Kier alpha value is -6.54. The van der Waals surface area contributed by atoms with Crippen LogP contribution in [0.5, 0.6) is 0 Å². The quantitative estimate of drug-likeness (QED) is 0.0447. The molecule has 0 radical (unpaired) electrons. The summed E-state index contributed by atoms with van der Waals surface area (Å²) in [5.74, 6) is 0. The van der Waals surface area contributed by atoms with Gasteiger partial charge in [0.15, 0.2) is 18.9 Å². The number of hydrogen-bond donors (Lipinski definition) is 1. The van der Waals surface area contributed by atoms with Crippen molar-refractivity contribution in [1.29, 1.82) is 0 Å². The largest absolute Gasteiger partial charge is 0.405 e. The average molecular weight is 1190 g/mol. The summed E-state index contributed by atoms with van der Waals surface area (Å²) in [6.45, 7) is 8.51. The van der Waals surface area contributed by atoms with E-state index in [1.807, 2.05) is 194 Å². The number of hydrogen-bond acceptors (Lipinski definition) is 13. The monoisotopic (exact) mass is 1190 g/mol. The van der Waals surface area contributed by atoms with Crippen molar-refractivity contribution >= 4 is 18.7 Å². The number of rotatable bonds is 29. The van der Waals surface area contributed by atoms with E-state index in [9.17, 15) is 5.11 Å². The topological polar surface area (TPSA) is 131 Å². The summed E-state index contributed by atoms with van der Waals surface area (Å²) in [6.07, 6.45) is -11.4. The van der Waals surface area contributed by atoms with Crippen LogP contribution in [0.2, 0.25) is 5.04 Å². The zero-order chi connectivity index (χ0) is 59.7. The lowest BCUT2D eigenvalue weighted by atomic mass is 10.1. The number of aliphatic hydroxyl groups is 1. The van der Waals surface area contributed by atoms with Gasteiger partial charge in [-0.05, 0) is 48.8 Å². The fraction of sp³-hybridized carbons (Fsp3) is 0.342. The van der Waals surface area contributed by atoms with Gasteiger partial charge >= 0.3 is 0 Å². The van der Waals surface area contributed by atoms with Crippen molar-refractivity contribution in [3.63, 3.8) is 0 Å². The molecule has 87 heavy (non-hydrogen) atoms. The minimum absolute atomic E-state index is 0.0300. The Kier molecular flexibility index (Phi) is 21.8. The van der Waals surface area contributed by atoms with Crippen LogP contribution in [0.25, 0.3) is 0 Å². The lowest BCUT2D eigenvalue weighted by Crippen LogP contribution is -2.67. The van der Waals surface area contributed by atoms with Crippen molar-refractivity contribution < 1.29 is 61.6 Å². The van der Waals surface area contributed by atoms with Crippen LogP contribution in [0.4, 0.5) is 0 Å². The normalized spacial score (nSPS) is 24.8. The Morgan fingerprint density at radius 2 is 0.632 bits per heavy atom. The molecule has 3 fully saturated rings. The summed E-state index contributed by atoms with van der Waals surface area (Å²) in [5, 5.41) is 14.0. The summed E-state index contributed by atoms with van der Waals surface area (Å²) in [5.41, 5.74) is 5.81. The lowest BCUT2D eigenvalue weighted by molar-refractivity contribution is -0.271. The van der Waals surface area contributed by atoms with Crippen LogP contribution in [0.15, 0.2) is 243 Å². The van der Waals surface area contributed by atoms with Gasteiger partial charge in [-0.1, -0.05) is 263 Å². The molecule has 1 N–H and O–H groups in total. The summed E-state index contributed by atoms with van der Waals surface area (Å²) in [4.78, 5) is 0. The van der Waals surface area contributed by atoms with Gasteiger partial charge in [0, 0.05) is 0 Å². The first-order valence-corrected chi connectivity index (χ1v) is 32.2.